The maximum atomic E-state index is 11.2. The van der Waals surface area contributed by atoms with Crippen LogP contribution in [0.15, 0.2) is 6.07 Å². The van der Waals surface area contributed by atoms with E-state index in [2.05, 4.69) is 5.32 Å². The van der Waals surface area contributed by atoms with E-state index in [1.807, 2.05) is 0 Å². The molecule has 0 unspecified atom stereocenters. The second-order valence-electron chi connectivity index (χ2n) is 3.55. The van der Waals surface area contributed by atoms with Gasteiger partial charge in [-0.3, -0.25) is 4.79 Å². The lowest BCUT2D eigenvalue weighted by Gasteiger charge is -2.18. The molecule has 0 spiro atoms. The SMILES string of the molecule is COc1cc(C(=O)O)c(NC(C)=O)c(OC)c1OC. The second kappa shape index (κ2) is 5.94. The molecule has 0 saturated heterocycles. The summed E-state index contributed by atoms with van der Waals surface area (Å²) in [7, 11) is 4.10. The van der Waals surface area contributed by atoms with Crippen molar-refractivity contribution in [1.82, 2.24) is 0 Å². The molecule has 19 heavy (non-hydrogen) atoms. The monoisotopic (exact) mass is 269 g/mol. The van der Waals surface area contributed by atoms with Gasteiger partial charge in [-0.05, 0) is 0 Å². The number of carbonyl (C=O) groups is 2. The molecule has 0 aliphatic heterocycles. The molecule has 104 valence electrons. The zero-order chi connectivity index (χ0) is 14.6. The molecule has 0 fully saturated rings. The Morgan fingerprint density at radius 2 is 1.68 bits per heavy atom. The Hall–Kier alpha value is -2.44. The summed E-state index contributed by atoms with van der Waals surface area (Å²) in [5, 5.41) is 11.6. The van der Waals surface area contributed by atoms with Crippen LogP contribution in [0.2, 0.25) is 0 Å². The first-order valence-corrected chi connectivity index (χ1v) is 5.30. The van der Waals surface area contributed by atoms with E-state index >= 15 is 0 Å². The van der Waals surface area contributed by atoms with Gasteiger partial charge in [-0.1, -0.05) is 0 Å². The number of methoxy groups -OCH3 is 3. The summed E-state index contributed by atoms with van der Waals surface area (Å²) in [6.07, 6.45) is 0. The number of benzene rings is 1. The highest BCUT2D eigenvalue weighted by molar-refractivity contribution is 6.03. The zero-order valence-corrected chi connectivity index (χ0v) is 11.1. The fourth-order valence-corrected chi connectivity index (χ4v) is 1.63. The van der Waals surface area contributed by atoms with Gasteiger partial charge in [-0.25, -0.2) is 4.79 Å². The lowest BCUT2D eigenvalue weighted by molar-refractivity contribution is -0.114. The van der Waals surface area contributed by atoms with Gasteiger partial charge in [0.15, 0.2) is 11.5 Å². The van der Waals surface area contributed by atoms with Crippen LogP contribution in [0, 0.1) is 0 Å². The van der Waals surface area contributed by atoms with Crippen LogP contribution in [0.5, 0.6) is 17.2 Å². The molecular weight excluding hydrogens is 254 g/mol. The Kier molecular flexibility index (Phi) is 4.57. The van der Waals surface area contributed by atoms with Crippen molar-refractivity contribution in [3.63, 3.8) is 0 Å². The third kappa shape index (κ3) is 2.87. The fourth-order valence-electron chi connectivity index (χ4n) is 1.63. The average Bonchev–Trinajstić information content (AvgIpc) is 2.36. The highest BCUT2D eigenvalue weighted by Gasteiger charge is 2.24. The minimum Gasteiger partial charge on any atom is -0.493 e. The lowest BCUT2D eigenvalue weighted by atomic mass is 10.1. The summed E-state index contributed by atoms with van der Waals surface area (Å²) < 4.78 is 15.3. The van der Waals surface area contributed by atoms with E-state index < -0.39 is 11.9 Å². The molecule has 0 atom stereocenters. The Morgan fingerprint density at radius 3 is 2.05 bits per heavy atom. The number of aromatic carboxylic acids is 1. The van der Waals surface area contributed by atoms with E-state index in [1.165, 1.54) is 34.3 Å². The van der Waals surface area contributed by atoms with Gasteiger partial charge in [0.05, 0.1) is 26.9 Å². The van der Waals surface area contributed by atoms with Crippen LogP contribution in [-0.2, 0) is 4.79 Å². The average molecular weight is 269 g/mol. The number of ether oxygens (including phenoxy) is 3. The number of amides is 1. The summed E-state index contributed by atoms with van der Waals surface area (Å²) >= 11 is 0. The molecule has 1 amide bonds. The quantitative estimate of drug-likeness (QED) is 0.838. The number of carbonyl (C=O) groups excluding carboxylic acids is 1. The van der Waals surface area contributed by atoms with Gasteiger partial charge in [0.25, 0.3) is 0 Å². The molecule has 0 aromatic heterocycles. The Balaban J connectivity index is 3.63. The topological polar surface area (TPSA) is 94.1 Å². The van der Waals surface area contributed by atoms with E-state index in [4.69, 9.17) is 14.2 Å². The third-order valence-electron chi connectivity index (χ3n) is 2.36. The molecule has 1 rings (SSSR count). The highest BCUT2D eigenvalue weighted by Crippen LogP contribution is 2.45. The Labute approximate surface area is 110 Å². The summed E-state index contributed by atoms with van der Waals surface area (Å²) in [5.41, 5.74) is -0.121. The number of carboxylic acids is 1. The van der Waals surface area contributed by atoms with Gasteiger partial charge >= 0.3 is 5.97 Å². The third-order valence-corrected chi connectivity index (χ3v) is 2.36. The number of hydrogen-bond acceptors (Lipinski definition) is 5. The largest absolute Gasteiger partial charge is 0.493 e. The van der Waals surface area contributed by atoms with E-state index in [9.17, 15) is 14.7 Å². The van der Waals surface area contributed by atoms with Gasteiger partial charge in [0.2, 0.25) is 11.7 Å². The molecule has 0 heterocycles. The minimum absolute atomic E-state index is 0.0279. The van der Waals surface area contributed by atoms with Crippen LogP contribution in [0.1, 0.15) is 17.3 Å². The van der Waals surface area contributed by atoms with Crippen molar-refractivity contribution in [3.8, 4) is 17.2 Å². The van der Waals surface area contributed by atoms with Gasteiger partial charge in [0.1, 0.15) is 5.69 Å². The maximum absolute atomic E-state index is 11.2. The molecule has 7 heteroatoms. The van der Waals surface area contributed by atoms with Crippen LogP contribution >= 0.6 is 0 Å². The number of nitrogens with one attached hydrogen (secondary N) is 1. The fraction of sp³-hybridized carbons (Fsp3) is 0.333. The molecule has 0 bridgehead atoms. The van der Waals surface area contributed by atoms with Crippen molar-refractivity contribution in [2.24, 2.45) is 0 Å². The first-order chi connectivity index (χ1) is 8.96. The smallest absolute Gasteiger partial charge is 0.338 e. The molecule has 1 aromatic carbocycles. The standard InChI is InChI=1S/C12H15NO6/c1-6(14)13-9-7(12(15)16)5-8(17-2)10(18-3)11(9)19-4/h5H,1-4H3,(H,13,14)(H,15,16). The first-order valence-electron chi connectivity index (χ1n) is 5.30. The molecule has 0 aliphatic rings. The molecular formula is C12H15NO6. The predicted octanol–water partition coefficient (Wildman–Crippen LogP) is 1.37. The summed E-state index contributed by atoms with van der Waals surface area (Å²) in [5.74, 6) is -1.14. The molecule has 1 aromatic rings. The zero-order valence-electron chi connectivity index (χ0n) is 11.1. The van der Waals surface area contributed by atoms with Crippen molar-refractivity contribution in [2.45, 2.75) is 6.92 Å². The van der Waals surface area contributed by atoms with E-state index in [0.29, 0.717) is 0 Å². The van der Waals surface area contributed by atoms with Crippen LogP contribution in [0.4, 0.5) is 5.69 Å². The van der Waals surface area contributed by atoms with Crippen molar-refractivity contribution in [2.75, 3.05) is 26.6 Å². The van der Waals surface area contributed by atoms with Crippen molar-refractivity contribution >= 4 is 17.6 Å². The molecule has 0 saturated carbocycles. The number of anilines is 1. The summed E-state index contributed by atoms with van der Waals surface area (Å²) in [6.45, 7) is 1.27. The van der Waals surface area contributed by atoms with Crippen molar-refractivity contribution in [1.29, 1.82) is 0 Å². The second-order valence-corrected chi connectivity index (χ2v) is 3.55. The molecule has 0 aliphatic carbocycles. The summed E-state index contributed by atoms with van der Waals surface area (Å²) in [4.78, 5) is 22.4. The van der Waals surface area contributed by atoms with Crippen LogP contribution in [0.25, 0.3) is 0 Å². The summed E-state index contributed by atoms with van der Waals surface area (Å²) in [6, 6.07) is 1.26. The van der Waals surface area contributed by atoms with E-state index in [-0.39, 0.29) is 28.5 Å². The minimum atomic E-state index is -1.22. The Bertz CT molecular complexity index is 511. The van der Waals surface area contributed by atoms with E-state index in [0.717, 1.165) is 0 Å². The van der Waals surface area contributed by atoms with Gasteiger partial charge in [0, 0.05) is 13.0 Å². The molecule has 0 radical (unpaired) electrons. The van der Waals surface area contributed by atoms with Gasteiger partial charge < -0.3 is 24.6 Å². The van der Waals surface area contributed by atoms with Gasteiger partial charge in [-0.2, -0.15) is 0 Å². The maximum Gasteiger partial charge on any atom is 0.338 e. The van der Waals surface area contributed by atoms with Crippen LogP contribution in [0.3, 0.4) is 0 Å². The van der Waals surface area contributed by atoms with E-state index in [1.54, 1.807) is 0 Å². The van der Waals surface area contributed by atoms with Crippen LogP contribution < -0.4 is 19.5 Å². The molecule has 7 nitrogen and oxygen atoms in total. The number of rotatable bonds is 5. The number of carboxylic acid groups (broad SMARTS) is 1. The van der Waals surface area contributed by atoms with Crippen molar-refractivity contribution < 1.29 is 28.9 Å². The van der Waals surface area contributed by atoms with Crippen molar-refractivity contribution in [3.05, 3.63) is 11.6 Å². The van der Waals surface area contributed by atoms with Crippen LogP contribution in [-0.4, -0.2) is 38.3 Å². The first kappa shape index (κ1) is 14.6. The number of hydrogen-bond donors (Lipinski definition) is 2. The normalized spacial score (nSPS) is 9.68. The Morgan fingerprint density at radius 1 is 1.11 bits per heavy atom. The predicted molar refractivity (Wildman–Crippen MR) is 67.4 cm³/mol. The highest BCUT2D eigenvalue weighted by atomic mass is 16.5. The lowest BCUT2D eigenvalue weighted by Crippen LogP contribution is -2.13. The molecule has 2 N–H and O–H groups in total. The van der Waals surface area contributed by atoms with Gasteiger partial charge in [-0.15, -0.1) is 0 Å².